The normalized spacial score (nSPS) is 12.1. The van der Waals surface area contributed by atoms with Crippen LogP contribution in [0.25, 0.3) is 11.2 Å². The van der Waals surface area contributed by atoms with E-state index < -0.39 is 5.60 Å². The molecule has 0 aliphatic carbocycles. The van der Waals surface area contributed by atoms with Crippen LogP contribution in [0.1, 0.15) is 39.2 Å². The number of carbonyl (C=O) groups is 1. The van der Waals surface area contributed by atoms with Gasteiger partial charge in [-0.05, 0) is 47.4 Å². The van der Waals surface area contributed by atoms with Crippen LogP contribution < -0.4 is 9.47 Å². The Kier molecular flexibility index (Phi) is 10.2. The molecule has 0 N–H and O–H groups in total. The molecular weight excluding hydrogens is 604 g/mol. The Balaban J connectivity index is 1.26. The van der Waals surface area contributed by atoms with E-state index in [1.54, 1.807) is 27.7 Å². The number of Topliss-reactive ketones (excluding diaryl/α,β-unsaturated/α-hetero) is 1. The first-order valence-corrected chi connectivity index (χ1v) is 15.8. The summed E-state index contributed by atoms with van der Waals surface area (Å²) in [7, 11) is 5.01. The van der Waals surface area contributed by atoms with Crippen LogP contribution in [0.15, 0.2) is 122 Å². The van der Waals surface area contributed by atoms with Gasteiger partial charge >= 0.3 is 0 Å². The third-order valence-electron chi connectivity index (χ3n) is 8.59. The average molecular weight is 643 g/mol. The van der Waals surface area contributed by atoms with E-state index in [4.69, 9.17) is 18.9 Å². The Morgan fingerprint density at radius 2 is 1.31 bits per heavy atom. The van der Waals surface area contributed by atoms with Gasteiger partial charge in [0.25, 0.3) is 0 Å². The molecule has 0 bridgehead atoms. The third-order valence-corrected chi connectivity index (χ3v) is 8.59. The molecule has 0 spiro atoms. The van der Waals surface area contributed by atoms with Crippen LogP contribution in [0.5, 0.6) is 11.5 Å². The average Bonchev–Trinajstić information content (AvgIpc) is 3.58. The van der Waals surface area contributed by atoms with Gasteiger partial charge in [0.05, 0.1) is 45.4 Å². The van der Waals surface area contributed by atoms with Crippen LogP contribution in [-0.2, 0) is 28.0 Å². The van der Waals surface area contributed by atoms with Crippen molar-refractivity contribution in [2.75, 3.05) is 27.9 Å². The molecule has 2 aromatic heterocycles. The highest BCUT2D eigenvalue weighted by Crippen LogP contribution is 2.42. The van der Waals surface area contributed by atoms with Gasteiger partial charge in [-0.15, -0.1) is 0 Å². The molecule has 0 saturated heterocycles. The number of benzene rings is 4. The van der Waals surface area contributed by atoms with E-state index in [-0.39, 0.29) is 18.3 Å². The summed E-state index contributed by atoms with van der Waals surface area (Å²) in [6.45, 7) is 0.868. The predicted octanol–water partition coefficient (Wildman–Crippen LogP) is 6.68. The molecule has 0 unspecified atom stereocenters. The Hall–Kier alpha value is -5.38. The SMILES string of the molecule is COc1ccc(C(OC[C@H](CCn2cnc3c(CC(=O)c4ccccc4)ncnc32)OC)(c2ccccc2)c2ccc(OC)cc2)cc1. The van der Waals surface area contributed by atoms with E-state index >= 15 is 0 Å². The summed E-state index contributed by atoms with van der Waals surface area (Å²) in [5.74, 6) is 1.50. The van der Waals surface area contributed by atoms with Crippen molar-refractivity contribution in [1.29, 1.82) is 0 Å². The van der Waals surface area contributed by atoms with Crippen LogP contribution in [0, 0.1) is 0 Å². The number of hydrogen-bond donors (Lipinski definition) is 0. The number of ketones is 1. The quantitative estimate of drug-likeness (QED) is 0.0904. The van der Waals surface area contributed by atoms with Crippen LogP contribution >= 0.6 is 0 Å². The smallest absolute Gasteiger partial charge is 0.168 e. The molecular formula is C39H38N4O5. The highest BCUT2D eigenvalue weighted by Gasteiger charge is 2.38. The van der Waals surface area contributed by atoms with Gasteiger partial charge in [-0.1, -0.05) is 84.9 Å². The standard InChI is InChI=1S/C39H38N4O5/c1-45-32-18-14-30(15-19-32)39(29-12-8-5-9-13-29,31-16-20-33(46-2)21-17-31)48-25-34(47-3)22-23-43-27-42-37-35(40-26-41-38(37)43)24-36(44)28-10-6-4-7-11-28/h4-21,26-27,34H,22-25H2,1-3H3/t34-/m0/s1. The van der Waals surface area contributed by atoms with Gasteiger partial charge in [0, 0.05) is 19.2 Å². The second-order valence-corrected chi connectivity index (χ2v) is 11.4. The monoisotopic (exact) mass is 642 g/mol. The molecule has 9 heteroatoms. The predicted molar refractivity (Wildman–Crippen MR) is 183 cm³/mol. The third kappa shape index (κ3) is 6.83. The second kappa shape index (κ2) is 15.0. The number of ether oxygens (including phenoxy) is 4. The maximum absolute atomic E-state index is 12.9. The topological polar surface area (TPSA) is 97.6 Å². The van der Waals surface area contributed by atoms with Crippen LogP contribution in [0.4, 0.5) is 0 Å². The molecule has 244 valence electrons. The van der Waals surface area contributed by atoms with E-state index in [1.165, 1.54) is 6.33 Å². The summed E-state index contributed by atoms with van der Waals surface area (Å²) >= 11 is 0. The van der Waals surface area contributed by atoms with Crippen molar-refractivity contribution in [3.05, 3.63) is 150 Å². The van der Waals surface area contributed by atoms with Crippen molar-refractivity contribution in [1.82, 2.24) is 19.5 Å². The largest absolute Gasteiger partial charge is 0.497 e. The molecule has 0 aliphatic rings. The molecule has 4 aromatic carbocycles. The van der Waals surface area contributed by atoms with Gasteiger partial charge in [0.15, 0.2) is 11.4 Å². The molecule has 0 saturated carbocycles. The summed E-state index contributed by atoms with van der Waals surface area (Å²) < 4.78 is 26.0. The Bertz CT molecular complexity index is 1880. The number of carbonyl (C=O) groups excluding carboxylic acids is 1. The van der Waals surface area contributed by atoms with E-state index in [2.05, 4.69) is 27.1 Å². The van der Waals surface area contributed by atoms with Gasteiger partial charge in [-0.2, -0.15) is 0 Å². The second-order valence-electron chi connectivity index (χ2n) is 11.4. The molecule has 2 heterocycles. The summed E-state index contributed by atoms with van der Waals surface area (Å²) in [5.41, 5.74) is 4.46. The highest BCUT2D eigenvalue weighted by atomic mass is 16.5. The fraction of sp³-hybridized carbons (Fsp3) is 0.231. The Morgan fingerprint density at radius 3 is 1.90 bits per heavy atom. The zero-order chi connectivity index (χ0) is 33.3. The molecule has 0 amide bonds. The summed E-state index contributed by atoms with van der Waals surface area (Å²) in [6.07, 6.45) is 3.74. The fourth-order valence-electron chi connectivity index (χ4n) is 5.94. The zero-order valence-electron chi connectivity index (χ0n) is 27.3. The molecule has 6 aromatic rings. The number of aromatic nitrogens is 4. The summed E-state index contributed by atoms with van der Waals surface area (Å²) in [4.78, 5) is 26.4. The number of nitrogens with zero attached hydrogens (tertiary/aromatic N) is 4. The van der Waals surface area contributed by atoms with E-state index in [0.29, 0.717) is 42.0 Å². The fourth-order valence-corrected chi connectivity index (χ4v) is 5.94. The van der Waals surface area contributed by atoms with Crippen molar-refractivity contribution >= 4 is 16.9 Å². The van der Waals surface area contributed by atoms with Gasteiger partial charge in [0.2, 0.25) is 0 Å². The number of rotatable bonds is 15. The minimum atomic E-state index is -0.953. The first-order chi connectivity index (χ1) is 23.5. The maximum Gasteiger partial charge on any atom is 0.168 e. The lowest BCUT2D eigenvalue weighted by Crippen LogP contribution is -2.36. The lowest BCUT2D eigenvalue weighted by molar-refractivity contribution is -0.0549. The van der Waals surface area contributed by atoms with Crippen molar-refractivity contribution in [2.24, 2.45) is 0 Å². The number of methoxy groups -OCH3 is 3. The molecule has 9 nitrogen and oxygen atoms in total. The minimum absolute atomic E-state index is 0.0163. The van der Waals surface area contributed by atoms with Crippen molar-refractivity contribution < 1.29 is 23.7 Å². The molecule has 1 atom stereocenters. The zero-order valence-corrected chi connectivity index (χ0v) is 27.3. The van der Waals surface area contributed by atoms with Crippen LogP contribution in [0.2, 0.25) is 0 Å². The van der Waals surface area contributed by atoms with Crippen molar-refractivity contribution in [3.8, 4) is 11.5 Å². The maximum atomic E-state index is 12.9. The van der Waals surface area contributed by atoms with Crippen LogP contribution in [-0.4, -0.2) is 59.3 Å². The van der Waals surface area contributed by atoms with E-state index in [0.717, 1.165) is 28.2 Å². The molecule has 0 aliphatic heterocycles. The number of aryl methyl sites for hydroxylation is 1. The lowest BCUT2D eigenvalue weighted by Gasteiger charge is -2.37. The summed E-state index contributed by atoms with van der Waals surface area (Å²) in [6, 6.07) is 35.3. The van der Waals surface area contributed by atoms with Crippen molar-refractivity contribution in [3.63, 3.8) is 0 Å². The van der Waals surface area contributed by atoms with Crippen molar-refractivity contribution in [2.45, 2.75) is 31.1 Å². The van der Waals surface area contributed by atoms with E-state index in [9.17, 15) is 4.79 Å². The summed E-state index contributed by atoms with van der Waals surface area (Å²) in [5, 5.41) is 0. The number of hydrogen-bond acceptors (Lipinski definition) is 8. The van der Waals surface area contributed by atoms with Gasteiger partial charge in [0.1, 0.15) is 28.9 Å². The lowest BCUT2D eigenvalue weighted by atomic mass is 9.80. The van der Waals surface area contributed by atoms with Crippen LogP contribution in [0.3, 0.4) is 0 Å². The molecule has 48 heavy (non-hydrogen) atoms. The minimum Gasteiger partial charge on any atom is -0.497 e. The highest BCUT2D eigenvalue weighted by molar-refractivity contribution is 5.98. The first-order valence-electron chi connectivity index (χ1n) is 15.8. The van der Waals surface area contributed by atoms with Gasteiger partial charge < -0.3 is 23.5 Å². The van der Waals surface area contributed by atoms with Gasteiger partial charge in [-0.3, -0.25) is 4.79 Å². The first kappa shape index (κ1) is 32.6. The number of fused-ring (bicyclic) bond motifs is 1. The van der Waals surface area contributed by atoms with E-state index in [1.807, 2.05) is 102 Å². The molecule has 6 rings (SSSR count). The number of imidazole rings is 1. The molecule has 0 radical (unpaired) electrons. The molecule has 0 fully saturated rings. The Labute approximate surface area is 280 Å². The van der Waals surface area contributed by atoms with Gasteiger partial charge in [-0.25, -0.2) is 15.0 Å². The Morgan fingerprint density at radius 1 is 0.729 bits per heavy atom.